The van der Waals surface area contributed by atoms with E-state index in [1.807, 2.05) is 4.57 Å². The second-order valence-electron chi connectivity index (χ2n) is 5.93. The molecule has 5 nitrogen and oxygen atoms in total. The Balaban J connectivity index is 1.58. The Kier molecular flexibility index (Phi) is 5.36. The first-order valence-electron chi connectivity index (χ1n) is 8.02. The Morgan fingerprint density at radius 3 is 2.58 bits per heavy atom. The molecular weight excluding hydrogens is 365 g/mol. The number of carbonyl (C=O) groups is 1. The van der Waals surface area contributed by atoms with Gasteiger partial charge in [-0.3, -0.25) is 4.79 Å². The van der Waals surface area contributed by atoms with Crippen LogP contribution in [0.5, 0.6) is 0 Å². The lowest BCUT2D eigenvalue weighted by molar-refractivity contribution is -0.137. The topological polar surface area (TPSA) is 59.8 Å². The van der Waals surface area contributed by atoms with Crippen LogP contribution in [0.3, 0.4) is 0 Å². The monoisotopic (exact) mass is 382 g/mol. The number of hydrogen-bond donors (Lipinski definition) is 1. The molecule has 138 valence electrons. The minimum absolute atomic E-state index is 0.0843. The molecule has 9 heteroatoms. The quantitative estimate of drug-likeness (QED) is 0.579. The van der Waals surface area contributed by atoms with Crippen LogP contribution in [0.2, 0.25) is 0 Å². The van der Waals surface area contributed by atoms with Crippen molar-refractivity contribution in [2.24, 2.45) is 0 Å². The van der Waals surface area contributed by atoms with E-state index in [1.54, 1.807) is 6.08 Å². The van der Waals surface area contributed by atoms with Gasteiger partial charge in [-0.05, 0) is 37.1 Å². The molecule has 3 rings (SSSR count). The lowest BCUT2D eigenvalue weighted by Gasteiger charge is -2.09. The molecule has 0 atom stereocenters. The number of rotatable bonds is 7. The minimum atomic E-state index is -4.40. The molecule has 0 unspecified atom stereocenters. The summed E-state index contributed by atoms with van der Waals surface area (Å²) in [6.45, 7) is 4.30. The van der Waals surface area contributed by atoms with Gasteiger partial charge < -0.3 is 9.88 Å². The number of thioether (sulfide) groups is 1. The van der Waals surface area contributed by atoms with Gasteiger partial charge in [0.25, 0.3) is 0 Å². The molecule has 26 heavy (non-hydrogen) atoms. The fraction of sp³-hybridized carbons (Fsp3) is 0.353. The fourth-order valence-corrected chi connectivity index (χ4v) is 3.18. The molecular formula is C17H17F3N4OS. The van der Waals surface area contributed by atoms with Crippen LogP contribution >= 0.6 is 11.8 Å². The van der Waals surface area contributed by atoms with Gasteiger partial charge in [0.2, 0.25) is 5.91 Å². The predicted octanol–water partition coefficient (Wildman–Crippen LogP) is 4.09. The third-order valence-electron chi connectivity index (χ3n) is 3.83. The molecule has 1 amide bonds. The smallest absolute Gasteiger partial charge is 0.325 e. The highest BCUT2D eigenvalue weighted by atomic mass is 32.2. The lowest BCUT2D eigenvalue weighted by atomic mass is 10.2. The van der Waals surface area contributed by atoms with Crippen molar-refractivity contribution in [3.05, 3.63) is 48.3 Å². The van der Waals surface area contributed by atoms with Crippen molar-refractivity contribution in [3.63, 3.8) is 0 Å². The van der Waals surface area contributed by atoms with Crippen LogP contribution in [0.1, 0.15) is 30.1 Å². The van der Waals surface area contributed by atoms with E-state index in [1.165, 1.54) is 23.9 Å². The van der Waals surface area contributed by atoms with Gasteiger partial charge in [-0.1, -0.05) is 17.8 Å². The van der Waals surface area contributed by atoms with Gasteiger partial charge in [-0.15, -0.1) is 16.8 Å². The van der Waals surface area contributed by atoms with Crippen molar-refractivity contribution in [3.8, 4) is 0 Å². The van der Waals surface area contributed by atoms with E-state index in [9.17, 15) is 18.0 Å². The van der Waals surface area contributed by atoms with Crippen molar-refractivity contribution < 1.29 is 18.0 Å². The molecule has 1 aliphatic rings. The van der Waals surface area contributed by atoms with Gasteiger partial charge >= 0.3 is 6.18 Å². The molecule has 0 aliphatic heterocycles. The van der Waals surface area contributed by atoms with E-state index >= 15 is 0 Å². The molecule has 1 fully saturated rings. The maximum Gasteiger partial charge on any atom is 0.416 e. The third-order valence-corrected chi connectivity index (χ3v) is 4.79. The molecule has 1 aromatic carbocycles. The number of alkyl halides is 3. The molecule has 2 aromatic rings. The highest BCUT2D eigenvalue weighted by molar-refractivity contribution is 7.99. The van der Waals surface area contributed by atoms with Crippen LogP contribution < -0.4 is 5.32 Å². The summed E-state index contributed by atoms with van der Waals surface area (Å²) in [6.07, 6.45) is -0.461. The highest BCUT2D eigenvalue weighted by Gasteiger charge is 2.31. The van der Waals surface area contributed by atoms with Crippen LogP contribution in [0.15, 0.2) is 42.1 Å². The number of anilines is 1. The van der Waals surface area contributed by atoms with Crippen molar-refractivity contribution in [2.75, 3.05) is 11.1 Å². The average molecular weight is 382 g/mol. The first-order valence-corrected chi connectivity index (χ1v) is 9.01. The van der Waals surface area contributed by atoms with Crippen molar-refractivity contribution in [2.45, 2.75) is 36.6 Å². The van der Waals surface area contributed by atoms with E-state index in [0.29, 0.717) is 23.3 Å². The van der Waals surface area contributed by atoms with Crippen LogP contribution in [0.4, 0.5) is 18.9 Å². The Hall–Kier alpha value is -2.29. The van der Waals surface area contributed by atoms with Gasteiger partial charge in [0.1, 0.15) is 5.82 Å². The Labute approximate surface area is 152 Å². The minimum Gasteiger partial charge on any atom is -0.325 e. The number of halogens is 3. The summed E-state index contributed by atoms with van der Waals surface area (Å²) < 4.78 is 39.6. The lowest BCUT2D eigenvalue weighted by Crippen LogP contribution is -2.15. The molecule has 0 radical (unpaired) electrons. The summed E-state index contributed by atoms with van der Waals surface area (Å²) in [7, 11) is 0. The number of nitrogens with zero attached hydrogens (tertiary/aromatic N) is 3. The zero-order valence-corrected chi connectivity index (χ0v) is 14.6. The van der Waals surface area contributed by atoms with Crippen LogP contribution in [-0.4, -0.2) is 26.4 Å². The predicted molar refractivity (Wildman–Crippen MR) is 93.0 cm³/mol. The Morgan fingerprint density at radius 1 is 1.31 bits per heavy atom. The zero-order valence-electron chi connectivity index (χ0n) is 13.8. The first-order chi connectivity index (χ1) is 12.4. The summed E-state index contributed by atoms with van der Waals surface area (Å²) in [4.78, 5) is 12.1. The summed E-state index contributed by atoms with van der Waals surface area (Å²) in [6, 6.07) is 4.34. The van der Waals surface area contributed by atoms with Crippen LogP contribution in [-0.2, 0) is 17.5 Å². The number of aromatic nitrogens is 3. The summed E-state index contributed by atoms with van der Waals surface area (Å²) in [5.74, 6) is 1.10. The molecule has 1 saturated carbocycles. The normalized spacial score (nSPS) is 14.3. The molecule has 1 N–H and O–H groups in total. The van der Waals surface area contributed by atoms with Crippen molar-refractivity contribution in [1.29, 1.82) is 0 Å². The van der Waals surface area contributed by atoms with Gasteiger partial charge in [-0.2, -0.15) is 13.2 Å². The average Bonchev–Trinajstić information content (AvgIpc) is 3.35. The maximum absolute atomic E-state index is 12.5. The number of carbonyl (C=O) groups excluding carboxylic acids is 1. The van der Waals surface area contributed by atoms with Gasteiger partial charge in [-0.25, -0.2) is 0 Å². The number of allylic oxidation sites excluding steroid dienone is 1. The molecule has 0 spiro atoms. The zero-order chi connectivity index (χ0) is 18.7. The van der Waals surface area contributed by atoms with Crippen LogP contribution in [0, 0.1) is 0 Å². The second-order valence-corrected chi connectivity index (χ2v) is 6.87. The van der Waals surface area contributed by atoms with E-state index in [0.717, 1.165) is 30.8 Å². The van der Waals surface area contributed by atoms with E-state index in [-0.39, 0.29) is 11.7 Å². The summed E-state index contributed by atoms with van der Waals surface area (Å²) in [5, 5.41) is 11.5. The number of benzene rings is 1. The number of nitrogens with one attached hydrogen (secondary N) is 1. The van der Waals surface area contributed by atoms with Gasteiger partial charge in [0.05, 0.1) is 11.3 Å². The molecule has 1 aliphatic carbocycles. The second kappa shape index (κ2) is 7.53. The third kappa shape index (κ3) is 4.46. The maximum atomic E-state index is 12.5. The van der Waals surface area contributed by atoms with E-state index < -0.39 is 11.7 Å². The van der Waals surface area contributed by atoms with Crippen molar-refractivity contribution in [1.82, 2.24) is 14.8 Å². The molecule has 1 heterocycles. The van der Waals surface area contributed by atoms with Crippen LogP contribution in [0.25, 0.3) is 0 Å². The van der Waals surface area contributed by atoms with E-state index in [4.69, 9.17) is 0 Å². The molecule has 0 saturated heterocycles. The van der Waals surface area contributed by atoms with E-state index in [2.05, 4.69) is 22.1 Å². The standard InChI is InChI=1S/C17H17F3N4OS/c1-2-9-24-15(11-3-4-11)22-23-16(24)26-10-14(25)21-13-7-5-12(6-8-13)17(18,19)20/h2,5-8,11H,1,3-4,9-10H2,(H,21,25). The summed E-state index contributed by atoms with van der Waals surface area (Å²) in [5.41, 5.74) is -0.440. The number of amides is 1. The molecule has 0 bridgehead atoms. The van der Waals surface area contributed by atoms with Crippen molar-refractivity contribution >= 4 is 23.4 Å². The van der Waals surface area contributed by atoms with Gasteiger partial charge in [0, 0.05) is 18.2 Å². The summed E-state index contributed by atoms with van der Waals surface area (Å²) >= 11 is 1.24. The number of hydrogen-bond acceptors (Lipinski definition) is 4. The Bertz CT molecular complexity index is 797. The first kappa shape index (κ1) is 18.5. The highest BCUT2D eigenvalue weighted by Crippen LogP contribution is 2.40. The SMILES string of the molecule is C=CCn1c(SCC(=O)Nc2ccc(C(F)(F)F)cc2)nnc1C1CC1. The fourth-order valence-electron chi connectivity index (χ4n) is 2.42. The molecule has 1 aromatic heterocycles. The Morgan fingerprint density at radius 2 is 2.00 bits per heavy atom. The van der Waals surface area contributed by atoms with Gasteiger partial charge in [0.15, 0.2) is 5.16 Å². The largest absolute Gasteiger partial charge is 0.416 e.